The highest BCUT2D eigenvalue weighted by atomic mass is 79.9. The normalized spacial score (nSPS) is 20.4. The third-order valence-electron chi connectivity index (χ3n) is 6.81. The van der Waals surface area contributed by atoms with Crippen LogP contribution in [0.15, 0.2) is 52.1 Å². The number of amides is 1. The molecule has 1 N–H and O–H groups in total. The van der Waals surface area contributed by atoms with E-state index in [9.17, 15) is 9.59 Å². The van der Waals surface area contributed by atoms with Crippen LogP contribution in [0, 0.1) is 0 Å². The molecule has 2 atom stereocenters. The van der Waals surface area contributed by atoms with Gasteiger partial charge in [0.05, 0.1) is 17.7 Å². The van der Waals surface area contributed by atoms with Crippen LogP contribution in [-0.4, -0.2) is 24.9 Å². The van der Waals surface area contributed by atoms with Gasteiger partial charge in [0.2, 0.25) is 5.91 Å². The van der Waals surface area contributed by atoms with E-state index in [2.05, 4.69) is 66.3 Å². The van der Waals surface area contributed by atoms with Gasteiger partial charge in [0.15, 0.2) is 17.3 Å². The largest absolute Gasteiger partial charge is 0.490 e. The highest BCUT2D eigenvalue weighted by molar-refractivity contribution is 9.10. The van der Waals surface area contributed by atoms with Gasteiger partial charge in [-0.05, 0) is 76.4 Å². The zero-order valence-corrected chi connectivity index (χ0v) is 22.8. The van der Waals surface area contributed by atoms with E-state index in [1.807, 2.05) is 26.0 Å². The van der Waals surface area contributed by atoms with Crippen molar-refractivity contribution in [3.63, 3.8) is 0 Å². The van der Waals surface area contributed by atoms with E-state index in [0.717, 1.165) is 26.9 Å². The van der Waals surface area contributed by atoms with Crippen molar-refractivity contribution in [1.82, 2.24) is 5.32 Å². The number of halogens is 1. The molecule has 0 saturated carbocycles. The summed E-state index contributed by atoms with van der Waals surface area (Å²) in [5.41, 5.74) is 4.85. The average molecular weight is 540 g/mol. The highest BCUT2D eigenvalue weighted by Gasteiger charge is 2.38. The van der Waals surface area contributed by atoms with E-state index < -0.39 is 0 Å². The summed E-state index contributed by atoms with van der Waals surface area (Å²) in [7, 11) is 0. The molecule has 1 aliphatic heterocycles. The molecule has 1 aliphatic carbocycles. The third-order valence-corrected chi connectivity index (χ3v) is 7.40. The monoisotopic (exact) mass is 539 g/mol. The molecular formula is C29H34BrNO4. The number of ether oxygens (including phenoxy) is 2. The number of allylic oxidation sites excluding steroid dienone is 2. The zero-order chi connectivity index (χ0) is 25.3. The lowest BCUT2D eigenvalue weighted by Gasteiger charge is -2.35. The van der Waals surface area contributed by atoms with E-state index in [0.29, 0.717) is 37.6 Å². The van der Waals surface area contributed by atoms with Crippen molar-refractivity contribution in [2.45, 2.75) is 71.1 Å². The Kier molecular flexibility index (Phi) is 7.41. The topological polar surface area (TPSA) is 64.6 Å². The second kappa shape index (κ2) is 10.2. The van der Waals surface area contributed by atoms with Crippen LogP contribution < -0.4 is 14.8 Å². The summed E-state index contributed by atoms with van der Waals surface area (Å²) in [6.45, 7) is 11.4. The fourth-order valence-corrected chi connectivity index (χ4v) is 5.65. The van der Waals surface area contributed by atoms with Crippen molar-refractivity contribution in [1.29, 1.82) is 0 Å². The molecule has 4 rings (SSSR count). The van der Waals surface area contributed by atoms with Crippen LogP contribution in [0.3, 0.4) is 0 Å². The molecule has 186 valence electrons. The Morgan fingerprint density at radius 3 is 2.26 bits per heavy atom. The first-order valence-electron chi connectivity index (χ1n) is 12.4. The molecule has 6 heteroatoms. The maximum absolute atomic E-state index is 13.5. The second-order valence-corrected chi connectivity index (χ2v) is 11.1. The zero-order valence-electron chi connectivity index (χ0n) is 21.2. The van der Waals surface area contributed by atoms with E-state index in [-0.39, 0.29) is 35.4 Å². The maximum Gasteiger partial charge on any atom is 0.225 e. The Morgan fingerprint density at radius 1 is 0.943 bits per heavy atom. The molecule has 0 radical (unpaired) electrons. The number of hydrogen-bond acceptors (Lipinski definition) is 4. The van der Waals surface area contributed by atoms with E-state index in [1.165, 1.54) is 5.56 Å². The van der Waals surface area contributed by atoms with Crippen LogP contribution in [0.1, 0.15) is 82.4 Å². The van der Waals surface area contributed by atoms with Crippen molar-refractivity contribution in [3.05, 3.63) is 68.8 Å². The van der Waals surface area contributed by atoms with E-state index in [1.54, 1.807) is 0 Å². The standard InChI is InChI=1S/C29H34BrNO4/c1-6-34-25-15-19(12-22(30)28(25)35-7-2)21-16-26(33)31-23-13-18(14-24(32)27(21)23)17-8-10-20(11-9-17)29(3,4)5/h8-12,15,18,21H,6-7,13-14,16H2,1-5H3,(H,31,33). The Hall–Kier alpha value is -2.60. The lowest BCUT2D eigenvalue weighted by molar-refractivity contribution is -0.122. The van der Waals surface area contributed by atoms with Crippen LogP contribution in [-0.2, 0) is 15.0 Å². The Morgan fingerprint density at radius 2 is 1.63 bits per heavy atom. The molecule has 2 aromatic rings. The summed E-state index contributed by atoms with van der Waals surface area (Å²) in [5.74, 6) is 1.05. The maximum atomic E-state index is 13.5. The molecule has 2 aromatic carbocycles. The predicted molar refractivity (Wildman–Crippen MR) is 141 cm³/mol. The Labute approximate surface area is 216 Å². The summed E-state index contributed by atoms with van der Waals surface area (Å²) >= 11 is 3.61. The molecule has 0 saturated heterocycles. The van der Waals surface area contributed by atoms with Gasteiger partial charge in [0.25, 0.3) is 0 Å². The summed E-state index contributed by atoms with van der Waals surface area (Å²) in [6, 6.07) is 12.4. The fraction of sp³-hybridized carbons (Fsp3) is 0.448. The van der Waals surface area contributed by atoms with Crippen molar-refractivity contribution in [3.8, 4) is 11.5 Å². The van der Waals surface area contributed by atoms with Crippen molar-refractivity contribution in [2.24, 2.45) is 0 Å². The minimum absolute atomic E-state index is 0.0559. The van der Waals surface area contributed by atoms with E-state index in [4.69, 9.17) is 9.47 Å². The fourth-order valence-electron chi connectivity index (χ4n) is 5.07. The van der Waals surface area contributed by atoms with Gasteiger partial charge in [-0.25, -0.2) is 0 Å². The molecule has 0 bridgehead atoms. The van der Waals surface area contributed by atoms with Gasteiger partial charge in [-0.2, -0.15) is 0 Å². The summed E-state index contributed by atoms with van der Waals surface area (Å²) in [4.78, 5) is 26.3. The number of rotatable bonds is 6. The van der Waals surface area contributed by atoms with Crippen molar-refractivity contribution < 1.29 is 19.1 Å². The van der Waals surface area contributed by atoms with Gasteiger partial charge in [-0.3, -0.25) is 9.59 Å². The second-order valence-electron chi connectivity index (χ2n) is 10.3. The number of hydrogen-bond donors (Lipinski definition) is 1. The molecule has 35 heavy (non-hydrogen) atoms. The van der Waals surface area contributed by atoms with Crippen LogP contribution in [0.5, 0.6) is 11.5 Å². The smallest absolute Gasteiger partial charge is 0.225 e. The van der Waals surface area contributed by atoms with Crippen LogP contribution in [0.2, 0.25) is 0 Å². The molecule has 0 fully saturated rings. The summed E-state index contributed by atoms with van der Waals surface area (Å²) in [6.07, 6.45) is 1.33. The van der Waals surface area contributed by atoms with E-state index >= 15 is 0 Å². The van der Waals surface area contributed by atoms with Crippen molar-refractivity contribution >= 4 is 27.6 Å². The minimum atomic E-state index is -0.304. The van der Waals surface area contributed by atoms with Crippen LogP contribution >= 0.6 is 15.9 Å². The van der Waals surface area contributed by atoms with Gasteiger partial charge >= 0.3 is 0 Å². The number of Topliss-reactive ketones (excluding diaryl/α,β-unsaturated/α-hetero) is 1. The SMILES string of the molecule is CCOc1cc(C2CC(=O)NC3=C2C(=O)CC(c2ccc(C(C)(C)C)cc2)C3)cc(Br)c1OCC. The molecule has 0 aromatic heterocycles. The average Bonchev–Trinajstić information content (AvgIpc) is 2.80. The lowest BCUT2D eigenvalue weighted by atomic mass is 9.73. The molecular weight excluding hydrogens is 506 g/mol. The number of benzene rings is 2. The van der Waals surface area contributed by atoms with Gasteiger partial charge in [0.1, 0.15) is 0 Å². The molecule has 1 amide bonds. The Balaban J connectivity index is 1.69. The minimum Gasteiger partial charge on any atom is -0.490 e. The van der Waals surface area contributed by atoms with Crippen molar-refractivity contribution in [2.75, 3.05) is 13.2 Å². The summed E-state index contributed by atoms with van der Waals surface area (Å²) < 4.78 is 12.4. The highest BCUT2D eigenvalue weighted by Crippen LogP contribution is 2.46. The van der Waals surface area contributed by atoms with Crippen LogP contribution in [0.4, 0.5) is 0 Å². The van der Waals surface area contributed by atoms with Gasteiger partial charge in [-0.15, -0.1) is 0 Å². The molecule has 2 aliphatic rings. The van der Waals surface area contributed by atoms with Gasteiger partial charge < -0.3 is 14.8 Å². The quantitative estimate of drug-likeness (QED) is 0.452. The molecule has 1 heterocycles. The first kappa shape index (κ1) is 25.5. The molecule has 2 unspecified atom stereocenters. The predicted octanol–water partition coefficient (Wildman–Crippen LogP) is 6.55. The number of carbonyl (C=O) groups is 2. The first-order chi connectivity index (χ1) is 16.6. The van der Waals surface area contributed by atoms with Crippen LogP contribution in [0.25, 0.3) is 0 Å². The van der Waals surface area contributed by atoms with Gasteiger partial charge in [-0.1, -0.05) is 45.0 Å². The first-order valence-corrected chi connectivity index (χ1v) is 13.2. The number of carbonyl (C=O) groups excluding carboxylic acids is 2. The number of ketones is 1. The third kappa shape index (κ3) is 5.32. The molecule has 0 spiro atoms. The summed E-state index contributed by atoms with van der Waals surface area (Å²) in [5, 5.41) is 3.02. The number of nitrogens with one attached hydrogen (secondary N) is 1. The Bertz CT molecular complexity index is 1160. The van der Waals surface area contributed by atoms with Gasteiger partial charge in [0, 0.05) is 30.0 Å². The lowest BCUT2D eigenvalue weighted by Crippen LogP contribution is -2.38. The molecule has 5 nitrogen and oxygen atoms in total.